The van der Waals surface area contributed by atoms with Crippen LogP contribution in [0.15, 0.2) is 24.3 Å². The number of aromatic nitrogens is 4. The average Bonchev–Trinajstić information content (AvgIpc) is 2.93. The summed E-state index contributed by atoms with van der Waals surface area (Å²) in [5.41, 5.74) is 1.59. The SMILES string of the molecule is Cc1nnnn1-c1cccc(NC(=O)CN2CCCC(C)C2)c1. The van der Waals surface area contributed by atoms with Crippen LogP contribution in [0.2, 0.25) is 0 Å². The number of hydrogen-bond donors (Lipinski definition) is 1. The van der Waals surface area contributed by atoms with Crippen molar-refractivity contribution in [2.45, 2.75) is 26.7 Å². The lowest BCUT2D eigenvalue weighted by atomic mass is 10.0. The Morgan fingerprint density at radius 2 is 2.30 bits per heavy atom. The molecule has 2 aromatic rings. The Bertz CT molecular complexity index is 683. The molecular weight excluding hydrogens is 292 g/mol. The monoisotopic (exact) mass is 314 g/mol. The minimum absolute atomic E-state index is 0.0182. The summed E-state index contributed by atoms with van der Waals surface area (Å²) >= 11 is 0. The molecule has 7 nitrogen and oxygen atoms in total. The van der Waals surface area contributed by atoms with Crippen molar-refractivity contribution in [3.8, 4) is 5.69 Å². The Morgan fingerprint density at radius 1 is 1.43 bits per heavy atom. The molecule has 2 heterocycles. The number of amides is 1. The zero-order valence-electron chi connectivity index (χ0n) is 13.6. The number of tetrazole rings is 1. The van der Waals surface area contributed by atoms with E-state index in [2.05, 4.69) is 32.7 Å². The maximum absolute atomic E-state index is 12.3. The van der Waals surface area contributed by atoms with E-state index in [1.807, 2.05) is 31.2 Å². The second-order valence-electron chi connectivity index (χ2n) is 6.22. The van der Waals surface area contributed by atoms with Crippen LogP contribution in [-0.4, -0.2) is 50.6 Å². The van der Waals surface area contributed by atoms with Crippen molar-refractivity contribution in [2.75, 3.05) is 25.0 Å². The van der Waals surface area contributed by atoms with Crippen molar-refractivity contribution < 1.29 is 4.79 Å². The molecule has 1 aromatic heterocycles. The van der Waals surface area contributed by atoms with E-state index in [9.17, 15) is 4.79 Å². The fraction of sp³-hybridized carbons (Fsp3) is 0.500. The number of piperidine rings is 1. The van der Waals surface area contributed by atoms with E-state index >= 15 is 0 Å². The molecule has 1 saturated heterocycles. The molecule has 1 aliphatic heterocycles. The Hall–Kier alpha value is -2.28. The summed E-state index contributed by atoms with van der Waals surface area (Å²) in [6.07, 6.45) is 2.42. The zero-order valence-corrected chi connectivity index (χ0v) is 13.6. The van der Waals surface area contributed by atoms with E-state index in [-0.39, 0.29) is 5.91 Å². The number of benzene rings is 1. The van der Waals surface area contributed by atoms with Gasteiger partial charge in [0.25, 0.3) is 0 Å². The van der Waals surface area contributed by atoms with Gasteiger partial charge in [0.2, 0.25) is 5.91 Å². The smallest absolute Gasteiger partial charge is 0.238 e. The Kier molecular flexibility index (Phi) is 4.66. The molecule has 0 spiro atoms. The molecule has 3 rings (SSSR count). The minimum Gasteiger partial charge on any atom is -0.325 e. The van der Waals surface area contributed by atoms with Gasteiger partial charge in [0.1, 0.15) is 0 Å². The third-order valence-corrected chi connectivity index (χ3v) is 4.11. The Balaban J connectivity index is 1.64. The molecule has 1 fully saturated rings. The van der Waals surface area contributed by atoms with Gasteiger partial charge in [-0.05, 0) is 60.9 Å². The first-order valence-electron chi connectivity index (χ1n) is 7.99. The molecule has 0 radical (unpaired) electrons. The lowest BCUT2D eigenvalue weighted by Crippen LogP contribution is -2.39. The Labute approximate surface area is 135 Å². The van der Waals surface area contributed by atoms with Crippen LogP contribution in [0.25, 0.3) is 5.69 Å². The molecular formula is C16H22N6O. The summed E-state index contributed by atoms with van der Waals surface area (Å²) in [7, 11) is 0. The van der Waals surface area contributed by atoms with E-state index in [0.29, 0.717) is 18.3 Å². The third kappa shape index (κ3) is 3.92. The molecule has 122 valence electrons. The van der Waals surface area contributed by atoms with E-state index in [0.717, 1.165) is 24.5 Å². The van der Waals surface area contributed by atoms with Gasteiger partial charge in [0, 0.05) is 12.2 Å². The van der Waals surface area contributed by atoms with Gasteiger partial charge in [-0.15, -0.1) is 5.10 Å². The average molecular weight is 314 g/mol. The van der Waals surface area contributed by atoms with Gasteiger partial charge < -0.3 is 5.32 Å². The van der Waals surface area contributed by atoms with Crippen molar-refractivity contribution in [3.05, 3.63) is 30.1 Å². The number of likely N-dealkylation sites (tertiary alicyclic amines) is 1. The summed E-state index contributed by atoms with van der Waals surface area (Å²) < 4.78 is 1.64. The molecule has 1 unspecified atom stereocenters. The number of carbonyl (C=O) groups is 1. The molecule has 1 aliphatic rings. The number of rotatable bonds is 4. The zero-order chi connectivity index (χ0) is 16.2. The molecule has 23 heavy (non-hydrogen) atoms. The van der Waals surface area contributed by atoms with Gasteiger partial charge >= 0.3 is 0 Å². The summed E-state index contributed by atoms with van der Waals surface area (Å²) in [6, 6.07) is 7.54. The fourth-order valence-electron chi connectivity index (χ4n) is 3.02. The first-order valence-corrected chi connectivity index (χ1v) is 7.99. The number of anilines is 1. The van der Waals surface area contributed by atoms with Crippen LogP contribution in [-0.2, 0) is 4.79 Å². The van der Waals surface area contributed by atoms with Crippen molar-refractivity contribution in [3.63, 3.8) is 0 Å². The highest BCUT2D eigenvalue weighted by atomic mass is 16.2. The second kappa shape index (κ2) is 6.87. The molecule has 0 saturated carbocycles. The van der Waals surface area contributed by atoms with Crippen molar-refractivity contribution in [1.29, 1.82) is 0 Å². The number of carbonyl (C=O) groups excluding carboxylic acids is 1. The van der Waals surface area contributed by atoms with Crippen molar-refractivity contribution in [2.24, 2.45) is 5.92 Å². The largest absolute Gasteiger partial charge is 0.325 e. The van der Waals surface area contributed by atoms with Gasteiger partial charge in [-0.25, -0.2) is 0 Å². The lowest BCUT2D eigenvalue weighted by molar-refractivity contribution is -0.117. The van der Waals surface area contributed by atoms with Gasteiger partial charge in [-0.3, -0.25) is 9.69 Å². The molecule has 1 N–H and O–H groups in total. The van der Waals surface area contributed by atoms with E-state index < -0.39 is 0 Å². The topological polar surface area (TPSA) is 75.9 Å². The van der Waals surface area contributed by atoms with E-state index in [1.54, 1.807) is 4.68 Å². The minimum atomic E-state index is 0.0182. The quantitative estimate of drug-likeness (QED) is 0.928. The van der Waals surface area contributed by atoms with E-state index in [4.69, 9.17) is 0 Å². The maximum Gasteiger partial charge on any atom is 0.238 e. The Morgan fingerprint density at radius 3 is 3.04 bits per heavy atom. The first-order chi connectivity index (χ1) is 11.1. The normalized spacial score (nSPS) is 18.8. The van der Waals surface area contributed by atoms with Crippen molar-refractivity contribution in [1.82, 2.24) is 25.1 Å². The number of nitrogens with one attached hydrogen (secondary N) is 1. The standard InChI is InChI=1S/C16H22N6O/c1-12-5-4-8-21(10-12)11-16(23)17-14-6-3-7-15(9-14)22-13(2)18-19-20-22/h3,6-7,9,12H,4-5,8,10-11H2,1-2H3,(H,17,23). The molecule has 0 bridgehead atoms. The predicted molar refractivity (Wildman–Crippen MR) is 87.4 cm³/mol. The van der Waals surface area contributed by atoms with Crippen molar-refractivity contribution >= 4 is 11.6 Å². The molecule has 0 aliphatic carbocycles. The third-order valence-electron chi connectivity index (χ3n) is 4.11. The first kappa shape index (κ1) is 15.6. The summed E-state index contributed by atoms with van der Waals surface area (Å²) in [4.78, 5) is 14.5. The second-order valence-corrected chi connectivity index (χ2v) is 6.22. The van der Waals surface area contributed by atoms with Crippen LogP contribution in [0.4, 0.5) is 5.69 Å². The highest BCUT2D eigenvalue weighted by molar-refractivity contribution is 5.92. The predicted octanol–water partition coefficient (Wildman–Crippen LogP) is 1.64. The lowest BCUT2D eigenvalue weighted by Gasteiger charge is -2.30. The van der Waals surface area contributed by atoms with Gasteiger partial charge in [-0.1, -0.05) is 13.0 Å². The summed E-state index contributed by atoms with van der Waals surface area (Å²) in [5, 5.41) is 14.4. The van der Waals surface area contributed by atoms with Crippen LogP contribution in [0.5, 0.6) is 0 Å². The molecule has 1 aromatic carbocycles. The molecule has 1 amide bonds. The van der Waals surface area contributed by atoms with Crippen LogP contribution in [0, 0.1) is 12.8 Å². The summed E-state index contributed by atoms with van der Waals surface area (Å²) in [6.45, 7) is 6.52. The van der Waals surface area contributed by atoms with Crippen LogP contribution in [0.3, 0.4) is 0 Å². The molecule has 7 heteroatoms. The van der Waals surface area contributed by atoms with Crippen LogP contribution in [0.1, 0.15) is 25.6 Å². The number of aryl methyl sites for hydroxylation is 1. The highest BCUT2D eigenvalue weighted by Crippen LogP contribution is 2.17. The maximum atomic E-state index is 12.3. The van der Waals surface area contributed by atoms with E-state index in [1.165, 1.54) is 12.8 Å². The highest BCUT2D eigenvalue weighted by Gasteiger charge is 2.18. The van der Waals surface area contributed by atoms with Crippen LogP contribution >= 0.6 is 0 Å². The van der Waals surface area contributed by atoms with Gasteiger partial charge in [-0.2, -0.15) is 4.68 Å². The van der Waals surface area contributed by atoms with Crippen LogP contribution < -0.4 is 5.32 Å². The number of nitrogens with zero attached hydrogens (tertiary/aromatic N) is 5. The van der Waals surface area contributed by atoms with Gasteiger partial charge in [0.15, 0.2) is 5.82 Å². The number of hydrogen-bond acceptors (Lipinski definition) is 5. The fourth-order valence-corrected chi connectivity index (χ4v) is 3.02. The van der Waals surface area contributed by atoms with Gasteiger partial charge in [0.05, 0.1) is 12.2 Å². The molecule has 1 atom stereocenters. The summed E-state index contributed by atoms with van der Waals surface area (Å²) in [5.74, 6) is 1.39.